The van der Waals surface area contributed by atoms with Crippen LogP contribution in [0.15, 0.2) is 47.4 Å². The molecule has 9 heteroatoms. The minimum atomic E-state index is -4.35. The minimum absolute atomic E-state index is 0.128. The van der Waals surface area contributed by atoms with Gasteiger partial charge in [-0.25, -0.2) is 12.8 Å². The highest BCUT2D eigenvalue weighted by Gasteiger charge is 2.26. The van der Waals surface area contributed by atoms with Crippen molar-refractivity contribution in [2.24, 2.45) is 0 Å². The maximum atomic E-state index is 13.6. The molecule has 0 aromatic heterocycles. The summed E-state index contributed by atoms with van der Waals surface area (Å²) in [5.74, 6) is -0.878. The molecule has 2 aromatic rings. The Morgan fingerprint density at radius 2 is 1.81 bits per heavy atom. The van der Waals surface area contributed by atoms with Crippen LogP contribution in [0.1, 0.15) is 0 Å². The molecule has 110 valence electrons. The summed E-state index contributed by atoms with van der Waals surface area (Å²) in [5, 5.41) is 10.9. The van der Waals surface area contributed by atoms with Gasteiger partial charge in [-0.3, -0.25) is 14.8 Å². The fraction of sp³-hybridized carbons (Fsp3) is 0. The monoisotopic (exact) mass is 311 g/mol. The third-order valence-electron chi connectivity index (χ3n) is 2.63. The topological polar surface area (TPSA) is 115 Å². The number of hydrogen-bond donors (Lipinski definition) is 2. The quantitative estimate of drug-likeness (QED) is 0.510. The van der Waals surface area contributed by atoms with Crippen molar-refractivity contribution >= 4 is 27.1 Å². The van der Waals surface area contributed by atoms with Crippen LogP contribution in [0.4, 0.5) is 21.5 Å². The van der Waals surface area contributed by atoms with E-state index in [1.54, 1.807) is 0 Å². The number of rotatable bonds is 4. The van der Waals surface area contributed by atoms with Crippen LogP contribution in [0.2, 0.25) is 0 Å². The molecule has 0 saturated heterocycles. The Hall–Kier alpha value is -2.68. The van der Waals surface area contributed by atoms with Crippen LogP contribution in [0, 0.1) is 15.9 Å². The first-order valence-electron chi connectivity index (χ1n) is 5.63. The highest BCUT2D eigenvalue weighted by Crippen LogP contribution is 2.28. The van der Waals surface area contributed by atoms with Crippen LogP contribution in [-0.4, -0.2) is 13.3 Å². The van der Waals surface area contributed by atoms with Crippen molar-refractivity contribution in [3.8, 4) is 0 Å². The summed E-state index contributed by atoms with van der Waals surface area (Å²) in [5.41, 5.74) is 4.32. The summed E-state index contributed by atoms with van der Waals surface area (Å²) in [7, 11) is -4.35. The van der Waals surface area contributed by atoms with Crippen LogP contribution < -0.4 is 10.5 Å². The minimum Gasteiger partial charge on any atom is -0.397 e. The average molecular weight is 311 g/mol. The summed E-state index contributed by atoms with van der Waals surface area (Å²) < 4.78 is 39.9. The van der Waals surface area contributed by atoms with Gasteiger partial charge in [-0.05, 0) is 18.2 Å². The number of hydrogen-bond acceptors (Lipinski definition) is 5. The maximum Gasteiger partial charge on any atom is 0.289 e. The molecule has 0 bridgehead atoms. The van der Waals surface area contributed by atoms with Gasteiger partial charge in [-0.2, -0.15) is 0 Å². The summed E-state index contributed by atoms with van der Waals surface area (Å²) in [6.45, 7) is 0. The van der Waals surface area contributed by atoms with E-state index in [1.165, 1.54) is 24.3 Å². The van der Waals surface area contributed by atoms with Gasteiger partial charge in [0.05, 0.1) is 10.6 Å². The summed E-state index contributed by atoms with van der Waals surface area (Å²) in [6, 6.07) is 8.39. The number of nitrogens with zero attached hydrogens (tertiary/aromatic N) is 1. The van der Waals surface area contributed by atoms with Crippen molar-refractivity contribution in [3.05, 3.63) is 58.4 Å². The number of nitro benzene ring substituents is 1. The zero-order valence-electron chi connectivity index (χ0n) is 10.5. The Bertz CT molecular complexity index is 788. The van der Waals surface area contributed by atoms with Crippen molar-refractivity contribution in [3.63, 3.8) is 0 Å². The van der Waals surface area contributed by atoms with Crippen LogP contribution in [0.5, 0.6) is 0 Å². The van der Waals surface area contributed by atoms with E-state index < -0.39 is 37.0 Å². The van der Waals surface area contributed by atoms with Crippen molar-refractivity contribution < 1.29 is 17.7 Å². The molecule has 0 aliphatic rings. The number of anilines is 2. The van der Waals surface area contributed by atoms with Crippen molar-refractivity contribution in [2.75, 3.05) is 10.5 Å². The van der Waals surface area contributed by atoms with Gasteiger partial charge in [0.25, 0.3) is 15.7 Å². The summed E-state index contributed by atoms with van der Waals surface area (Å²) in [6.07, 6.45) is 0. The smallest absolute Gasteiger partial charge is 0.289 e. The van der Waals surface area contributed by atoms with E-state index in [1.807, 2.05) is 4.72 Å². The molecule has 7 nitrogen and oxygen atoms in total. The lowest BCUT2D eigenvalue weighted by Gasteiger charge is -2.11. The number of sulfonamides is 1. The lowest BCUT2D eigenvalue weighted by Crippen LogP contribution is -2.16. The standard InChI is InChI=1S/C12H10FN3O4S/c13-8-4-3-5-9(14)12(8)15-21(19,20)11-7-2-1-6-10(11)16(17)18/h1-7,15H,14H2. The van der Waals surface area contributed by atoms with Gasteiger partial charge in [0.1, 0.15) is 11.5 Å². The number of nitrogens with one attached hydrogen (secondary N) is 1. The average Bonchev–Trinajstić information content (AvgIpc) is 2.43. The highest BCUT2D eigenvalue weighted by molar-refractivity contribution is 7.92. The van der Waals surface area contributed by atoms with Crippen molar-refractivity contribution in [1.82, 2.24) is 0 Å². The number of nitrogens with two attached hydrogens (primary N) is 1. The Kier molecular flexibility index (Phi) is 3.76. The second-order valence-corrected chi connectivity index (χ2v) is 5.69. The second-order valence-electron chi connectivity index (χ2n) is 4.03. The van der Waals surface area contributed by atoms with E-state index in [-0.39, 0.29) is 5.69 Å². The first kappa shape index (κ1) is 14.7. The van der Waals surface area contributed by atoms with E-state index in [4.69, 9.17) is 5.73 Å². The molecule has 0 radical (unpaired) electrons. The molecule has 2 rings (SSSR count). The number of benzene rings is 2. The molecule has 0 aliphatic heterocycles. The fourth-order valence-electron chi connectivity index (χ4n) is 1.67. The fourth-order valence-corrected chi connectivity index (χ4v) is 2.94. The normalized spacial score (nSPS) is 11.1. The lowest BCUT2D eigenvalue weighted by molar-refractivity contribution is -0.387. The molecule has 0 unspecified atom stereocenters. The Labute approximate surface area is 119 Å². The van der Waals surface area contributed by atoms with Gasteiger partial charge in [-0.1, -0.05) is 18.2 Å². The van der Waals surface area contributed by atoms with E-state index in [0.29, 0.717) is 0 Å². The Morgan fingerprint density at radius 3 is 2.43 bits per heavy atom. The van der Waals surface area contributed by atoms with E-state index in [2.05, 4.69) is 0 Å². The molecule has 0 saturated carbocycles. The third-order valence-corrected chi connectivity index (χ3v) is 4.03. The molecule has 3 N–H and O–H groups in total. The maximum absolute atomic E-state index is 13.6. The summed E-state index contributed by atoms with van der Waals surface area (Å²) >= 11 is 0. The Morgan fingerprint density at radius 1 is 1.14 bits per heavy atom. The van der Waals surface area contributed by atoms with Crippen molar-refractivity contribution in [2.45, 2.75) is 4.90 Å². The molecular formula is C12H10FN3O4S. The van der Waals surface area contributed by atoms with Gasteiger partial charge in [0.2, 0.25) is 0 Å². The first-order chi connectivity index (χ1) is 9.83. The second kappa shape index (κ2) is 5.37. The molecule has 0 atom stereocenters. The van der Waals surface area contributed by atoms with Crippen LogP contribution in [0.3, 0.4) is 0 Å². The predicted molar refractivity (Wildman–Crippen MR) is 74.7 cm³/mol. The van der Waals surface area contributed by atoms with Gasteiger partial charge in [-0.15, -0.1) is 0 Å². The Balaban J connectivity index is 2.52. The van der Waals surface area contributed by atoms with Gasteiger partial charge in [0, 0.05) is 6.07 Å². The number of nitro groups is 1. The molecule has 0 heterocycles. The summed E-state index contributed by atoms with van der Waals surface area (Å²) in [4.78, 5) is 9.46. The zero-order chi connectivity index (χ0) is 15.6. The SMILES string of the molecule is Nc1cccc(F)c1NS(=O)(=O)c1ccccc1[N+](=O)[O-]. The predicted octanol–water partition coefficient (Wildman–Crippen LogP) is 2.12. The molecular weight excluding hydrogens is 301 g/mol. The van der Waals surface area contributed by atoms with E-state index in [0.717, 1.165) is 18.2 Å². The largest absolute Gasteiger partial charge is 0.397 e. The van der Waals surface area contributed by atoms with Crippen LogP contribution >= 0.6 is 0 Å². The first-order valence-corrected chi connectivity index (χ1v) is 7.11. The lowest BCUT2D eigenvalue weighted by atomic mass is 10.3. The number of nitrogen functional groups attached to an aromatic ring is 1. The van der Waals surface area contributed by atoms with Crippen LogP contribution in [0.25, 0.3) is 0 Å². The third kappa shape index (κ3) is 2.92. The molecule has 0 amide bonds. The van der Waals surface area contributed by atoms with Gasteiger partial charge in [0.15, 0.2) is 4.90 Å². The van der Waals surface area contributed by atoms with Gasteiger partial charge < -0.3 is 5.73 Å². The van der Waals surface area contributed by atoms with E-state index >= 15 is 0 Å². The molecule has 0 fully saturated rings. The molecule has 21 heavy (non-hydrogen) atoms. The van der Waals surface area contributed by atoms with Gasteiger partial charge >= 0.3 is 0 Å². The molecule has 0 spiro atoms. The molecule has 0 aliphatic carbocycles. The van der Waals surface area contributed by atoms with Crippen molar-refractivity contribution in [1.29, 1.82) is 0 Å². The number of para-hydroxylation sites is 2. The highest BCUT2D eigenvalue weighted by atomic mass is 32.2. The number of halogens is 1. The zero-order valence-corrected chi connectivity index (χ0v) is 11.3. The molecule has 2 aromatic carbocycles. The van der Waals surface area contributed by atoms with Crippen LogP contribution in [-0.2, 0) is 10.0 Å². The van der Waals surface area contributed by atoms with E-state index in [9.17, 15) is 22.9 Å².